The van der Waals surface area contributed by atoms with Crippen molar-refractivity contribution < 1.29 is 4.74 Å². The highest BCUT2D eigenvalue weighted by molar-refractivity contribution is 5.29. The predicted octanol–water partition coefficient (Wildman–Crippen LogP) is 3.78. The highest BCUT2D eigenvalue weighted by atomic mass is 16.5. The minimum atomic E-state index is 0.489. The first kappa shape index (κ1) is 13.4. The van der Waals surface area contributed by atoms with Gasteiger partial charge >= 0.3 is 0 Å². The second-order valence-corrected chi connectivity index (χ2v) is 5.56. The van der Waals surface area contributed by atoms with Crippen molar-refractivity contribution in [1.29, 1.82) is 0 Å². The third kappa shape index (κ3) is 3.05. The van der Waals surface area contributed by atoms with E-state index >= 15 is 0 Å². The molecule has 1 unspecified atom stereocenters. The monoisotopic (exact) mass is 247 g/mol. The lowest BCUT2D eigenvalue weighted by Gasteiger charge is -2.33. The normalized spacial score (nSPS) is 25.7. The maximum absolute atomic E-state index is 5.22. The Balaban J connectivity index is 2.07. The van der Waals surface area contributed by atoms with Crippen LogP contribution in [0.3, 0.4) is 0 Å². The summed E-state index contributed by atoms with van der Waals surface area (Å²) in [5.74, 6) is 2.63. The number of hydrogen-bond acceptors (Lipinski definition) is 2. The summed E-state index contributed by atoms with van der Waals surface area (Å²) in [6.07, 6.45) is 5.44. The van der Waals surface area contributed by atoms with Gasteiger partial charge < -0.3 is 10.1 Å². The molecule has 2 heteroatoms. The van der Waals surface area contributed by atoms with Gasteiger partial charge in [-0.05, 0) is 49.4 Å². The van der Waals surface area contributed by atoms with E-state index in [2.05, 4.69) is 43.6 Å². The molecule has 0 aliphatic heterocycles. The zero-order chi connectivity index (χ0) is 13.0. The molecule has 1 atom stereocenters. The fourth-order valence-corrected chi connectivity index (χ4v) is 3.10. The van der Waals surface area contributed by atoms with Crippen molar-refractivity contribution in [2.45, 2.75) is 38.6 Å². The molecule has 0 bridgehead atoms. The van der Waals surface area contributed by atoms with Crippen molar-refractivity contribution in [3.8, 4) is 5.75 Å². The van der Waals surface area contributed by atoms with Crippen LogP contribution in [0.2, 0.25) is 0 Å². The molecular weight excluding hydrogens is 222 g/mol. The summed E-state index contributed by atoms with van der Waals surface area (Å²) in [5.41, 5.74) is 1.39. The SMILES string of the molecule is CNC(c1ccc(OC)cc1)C1CCC(C)CC1. The summed E-state index contributed by atoms with van der Waals surface area (Å²) in [6.45, 7) is 2.37. The van der Waals surface area contributed by atoms with E-state index in [9.17, 15) is 0 Å². The average molecular weight is 247 g/mol. The second-order valence-electron chi connectivity index (χ2n) is 5.56. The average Bonchev–Trinajstić information content (AvgIpc) is 2.42. The van der Waals surface area contributed by atoms with Gasteiger partial charge in [-0.25, -0.2) is 0 Å². The third-order valence-electron chi connectivity index (χ3n) is 4.32. The molecule has 1 aromatic rings. The molecule has 1 aromatic carbocycles. The third-order valence-corrected chi connectivity index (χ3v) is 4.32. The number of methoxy groups -OCH3 is 1. The molecule has 0 radical (unpaired) electrons. The van der Waals surface area contributed by atoms with Crippen LogP contribution in [0.25, 0.3) is 0 Å². The molecule has 0 amide bonds. The van der Waals surface area contributed by atoms with Gasteiger partial charge in [0, 0.05) is 6.04 Å². The number of rotatable bonds is 4. The molecule has 0 saturated heterocycles. The smallest absolute Gasteiger partial charge is 0.118 e. The molecule has 1 aliphatic rings. The molecule has 2 nitrogen and oxygen atoms in total. The Morgan fingerprint density at radius 3 is 2.22 bits per heavy atom. The second kappa shape index (κ2) is 6.24. The quantitative estimate of drug-likeness (QED) is 0.874. The van der Waals surface area contributed by atoms with Crippen LogP contribution >= 0.6 is 0 Å². The molecular formula is C16H25NO. The highest BCUT2D eigenvalue weighted by Crippen LogP contribution is 2.36. The van der Waals surface area contributed by atoms with E-state index in [0.29, 0.717) is 6.04 Å². The number of nitrogens with one attached hydrogen (secondary N) is 1. The molecule has 0 heterocycles. The van der Waals surface area contributed by atoms with E-state index in [1.54, 1.807) is 7.11 Å². The fourth-order valence-electron chi connectivity index (χ4n) is 3.10. The first-order chi connectivity index (χ1) is 8.74. The van der Waals surface area contributed by atoms with Gasteiger partial charge in [-0.15, -0.1) is 0 Å². The van der Waals surface area contributed by atoms with Crippen LogP contribution in [-0.2, 0) is 0 Å². The van der Waals surface area contributed by atoms with E-state index in [1.165, 1.54) is 31.2 Å². The van der Waals surface area contributed by atoms with Gasteiger partial charge in [0.25, 0.3) is 0 Å². The number of benzene rings is 1. The van der Waals surface area contributed by atoms with Crippen molar-refractivity contribution in [3.05, 3.63) is 29.8 Å². The van der Waals surface area contributed by atoms with Gasteiger partial charge in [0.15, 0.2) is 0 Å². The van der Waals surface area contributed by atoms with Crippen molar-refractivity contribution in [2.75, 3.05) is 14.2 Å². The minimum Gasteiger partial charge on any atom is -0.497 e. The van der Waals surface area contributed by atoms with Gasteiger partial charge in [0.2, 0.25) is 0 Å². The Labute approximate surface area is 111 Å². The van der Waals surface area contributed by atoms with Gasteiger partial charge in [0.05, 0.1) is 7.11 Å². The van der Waals surface area contributed by atoms with Crippen LogP contribution in [0, 0.1) is 11.8 Å². The molecule has 18 heavy (non-hydrogen) atoms. The Bertz CT molecular complexity index is 352. The molecule has 0 aromatic heterocycles. The topological polar surface area (TPSA) is 21.3 Å². The predicted molar refractivity (Wildman–Crippen MR) is 75.9 cm³/mol. The van der Waals surface area contributed by atoms with Crippen molar-refractivity contribution in [1.82, 2.24) is 5.32 Å². The molecule has 0 spiro atoms. The van der Waals surface area contributed by atoms with Gasteiger partial charge in [0.1, 0.15) is 5.75 Å². The summed E-state index contributed by atoms with van der Waals surface area (Å²) in [4.78, 5) is 0. The van der Waals surface area contributed by atoms with Crippen LogP contribution in [0.15, 0.2) is 24.3 Å². The maximum Gasteiger partial charge on any atom is 0.118 e. The molecule has 1 N–H and O–H groups in total. The molecule has 1 aliphatic carbocycles. The lowest BCUT2D eigenvalue weighted by molar-refractivity contribution is 0.238. The Hall–Kier alpha value is -1.02. The zero-order valence-electron chi connectivity index (χ0n) is 11.8. The van der Waals surface area contributed by atoms with Crippen LogP contribution in [0.1, 0.15) is 44.2 Å². The highest BCUT2D eigenvalue weighted by Gasteiger charge is 2.26. The van der Waals surface area contributed by atoms with Crippen molar-refractivity contribution in [3.63, 3.8) is 0 Å². The minimum absolute atomic E-state index is 0.489. The summed E-state index contributed by atoms with van der Waals surface area (Å²) in [7, 11) is 3.79. The number of ether oxygens (including phenoxy) is 1. The van der Waals surface area contributed by atoms with E-state index in [0.717, 1.165) is 17.6 Å². The van der Waals surface area contributed by atoms with Gasteiger partial charge in [-0.2, -0.15) is 0 Å². The van der Waals surface area contributed by atoms with E-state index in [-0.39, 0.29) is 0 Å². The summed E-state index contributed by atoms with van der Waals surface area (Å²) in [6, 6.07) is 9.00. The lowest BCUT2D eigenvalue weighted by atomic mass is 9.77. The molecule has 1 saturated carbocycles. The fraction of sp³-hybridized carbons (Fsp3) is 0.625. The standard InChI is InChI=1S/C16H25NO/c1-12-4-6-13(7-5-12)16(17-2)14-8-10-15(18-3)11-9-14/h8-13,16-17H,4-7H2,1-3H3. The Morgan fingerprint density at radius 1 is 1.11 bits per heavy atom. The first-order valence-electron chi connectivity index (χ1n) is 7.05. The van der Waals surface area contributed by atoms with E-state index < -0.39 is 0 Å². The van der Waals surface area contributed by atoms with Gasteiger partial charge in [-0.1, -0.05) is 31.9 Å². The van der Waals surface area contributed by atoms with Gasteiger partial charge in [-0.3, -0.25) is 0 Å². The van der Waals surface area contributed by atoms with Crippen LogP contribution in [0.4, 0.5) is 0 Å². The van der Waals surface area contributed by atoms with E-state index in [1.807, 2.05) is 0 Å². The lowest BCUT2D eigenvalue weighted by Crippen LogP contribution is -2.28. The summed E-state index contributed by atoms with van der Waals surface area (Å²) >= 11 is 0. The first-order valence-corrected chi connectivity index (χ1v) is 7.05. The zero-order valence-corrected chi connectivity index (χ0v) is 11.8. The van der Waals surface area contributed by atoms with Crippen LogP contribution in [0.5, 0.6) is 5.75 Å². The van der Waals surface area contributed by atoms with Crippen LogP contribution in [-0.4, -0.2) is 14.2 Å². The Kier molecular flexibility index (Phi) is 4.65. The van der Waals surface area contributed by atoms with Crippen LogP contribution < -0.4 is 10.1 Å². The molecule has 1 fully saturated rings. The number of hydrogen-bond donors (Lipinski definition) is 1. The largest absolute Gasteiger partial charge is 0.497 e. The molecule has 2 rings (SSSR count). The van der Waals surface area contributed by atoms with E-state index in [4.69, 9.17) is 4.74 Å². The van der Waals surface area contributed by atoms with Crippen molar-refractivity contribution >= 4 is 0 Å². The molecule has 100 valence electrons. The van der Waals surface area contributed by atoms with Crippen molar-refractivity contribution in [2.24, 2.45) is 11.8 Å². The Morgan fingerprint density at radius 2 is 1.72 bits per heavy atom. The summed E-state index contributed by atoms with van der Waals surface area (Å²) < 4.78 is 5.22. The summed E-state index contributed by atoms with van der Waals surface area (Å²) in [5, 5.41) is 3.50. The maximum atomic E-state index is 5.22.